The second-order valence-corrected chi connectivity index (χ2v) is 8.37. The van der Waals surface area contributed by atoms with Crippen molar-refractivity contribution in [2.24, 2.45) is 5.92 Å². The Morgan fingerprint density at radius 1 is 1.11 bits per heavy atom. The molecule has 2 aromatic rings. The van der Waals surface area contributed by atoms with E-state index in [2.05, 4.69) is 10.3 Å². The molecule has 1 aliphatic rings. The van der Waals surface area contributed by atoms with Crippen molar-refractivity contribution in [2.75, 3.05) is 18.4 Å². The summed E-state index contributed by atoms with van der Waals surface area (Å²) in [7, 11) is -3.66. The molecule has 28 heavy (non-hydrogen) atoms. The molecule has 1 saturated heterocycles. The smallest absolute Gasteiger partial charge is 0.326 e. The van der Waals surface area contributed by atoms with Gasteiger partial charge in [-0.1, -0.05) is 0 Å². The first kappa shape index (κ1) is 20.3. The van der Waals surface area contributed by atoms with Crippen molar-refractivity contribution in [3.63, 3.8) is 0 Å². The zero-order chi connectivity index (χ0) is 20.4. The Bertz CT molecular complexity index is 924. The van der Waals surface area contributed by atoms with Gasteiger partial charge >= 0.3 is 6.18 Å². The molecule has 0 radical (unpaired) electrons. The fourth-order valence-corrected chi connectivity index (χ4v) is 4.43. The molecule has 2 heterocycles. The van der Waals surface area contributed by atoms with Gasteiger partial charge in [-0.05, 0) is 49.2 Å². The SMILES string of the molecule is O=C(Nc1ccc(C(F)(F)F)cc1)C1CCN(S(=O)(=O)c2cccnc2)CC1. The summed E-state index contributed by atoms with van der Waals surface area (Å²) in [5.74, 6) is -0.749. The van der Waals surface area contributed by atoms with Crippen molar-refractivity contribution < 1.29 is 26.4 Å². The van der Waals surface area contributed by atoms with Crippen molar-refractivity contribution in [3.8, 4) is 0 Å². The average molecular weight is 413 g/mol. The molecule has 3 rings (SSSR count). The van der Waals surface area contributed by atoms with Crippen LogP contribution in [0.3, 0.4) is 0 Å². The first-order valence-corrected chi connectivity index (χ1v) is 10.0. The minimum absolute atomic E-state index is 0.0997. The van der Waals surface area contributed by atoms with Crippen LogP contribution in [0.5, 0.6) is 0 Å². The van der Waals surface area contributed by atoms with E-state index in [1.54, 1.807) is 0 Å². The van der Waals surface area contributed by atoms with E-state index < -0.39 is 27.7 Å². The average Bonchev–Trinajstić information content (AvgIpc) is 2.68. The van der Waals surface area contributed by atoms with Gasteiger partial charge in [0.1, 0.15) is 4.90 Å². The van der Waals surface area contributed by atoms with E-state index in [1.165, 1.54) is 41.0 Å². The number of nitrogens with one attached hydrogen (secondary N) is 1. The Hall–Kier alpha value is -2.46. The quantitative estimate of drug-likeness (QED) is 0.835. The Balaban J connectivity index is 1.58. The number of sulfonamides is 1. The minimum atomic E-state index is -4.44. The number of nitrogens with zero attached hydrogens (tertiary/aromatic N) is 2. The van der Waals surface area contributed by atoms with Gasteiger partial charge in [-0.15, -0.1) is 0 Å². The monoisotopic (exact) mass is 413 g/mol. The van der Waals surface area contributed by atoms with E-state index in [0.29, 0.717) is 12.8 Å². The lowest BCUT2D eigenvalue weighted by atomic mass is 9.97. The number of amides is 1. The number of piperidine rings is 1. The van der Waals surface area contributed by atoms with Gasteiger partial charge in [0.15, 0.2) is 0 Å². The molecule has 1 amide bonds. The number of hydrogen-bond donors (Lipinski definition) is 1. The number of rotatable bonds is 4. The van der Waals surface area contributed by atoms with E-state index in [9.17, 15) is 26.4 Å². The summed E-state index contributed by atoms with van der Waals surface area (Å²) in [6.45, 7) is 0.366. The molecular formula is C18H18F3N3O3S. The fraction of sp³-hybridized carbons (Fsp3) is 0.333. The van der Waals surface area contributed by atoms with Gasteiger partial charge in [-0.2, -0.15) is 17.5 Å². The molecule has 1 aliphatic heterocycles. The maximum absolute atomic E-state index is 12.6. The minimum Gasteiger partial charge on any atom is -0.326 e. The summed E-state index contributed by atoms with van der Waals surface area (Å²) in [6, 6.07) is 7.20. The molecule has 150 valence electrons. The van der Waals surface area contributed by atoms with Gasteiger partial charge in [-0.25, -0.2) is 8.42 Å². The first-order chi connectivity index (χ1) is 13.2. The van der Waals surface area contributed by atoms with Crippen molar-refractivity contribution in [2.45, 2.75) is 23.9 Å². The highest BCUT2D eigenvalue weighted by Crippen LogP contribution is 2.30. The summed E-state index contributed by atoms with van der Waals surface area (Å²) < 4.78 is 64.2. The van der Waals surface area contributed by atoms with Crippen LogP contribution < -0.4 is 5.32 Å². The predicted molar refractivity (Wildman–Crippen MR) is 95.8 cm³/mol. The third-order valence-electron chi connectivity index (χ3n) is 4.58. The number of halogens is 3. The summed E-state index contributed by atoms with van der Waals surface area (Å²) in [5, 5.41) is 2.59. The van der Waals surface area contributed by atoms with Gasteiger partial charge < -0.3 is 5.32 Å². The highest BCUT2D eigenvalue weighted by Gasteiger charge is 2.33. The van der Waals surface area contributed by atoms with Crippen LogP contribution in [0.1, 0.15) is 18.4 Å². The molecule has 10 heteroatoms. The third kappa shape index (κ3) is 4.50. The summed E-state index contributed by atoms with van der Waals surface area (Å²) in [5.41, 5.74) is -0.525. The van der Waals surface area contributed by atoms with E-state index in [0.717, 1.165) is 12.1 Å². The zero-order valence-electron chi connectivity index (χ0n) is 14.7. The number of alkyl halides is 3. The molecule has 1 fully saturated rings. The number of benzene rings is 1. The van der Waals surface area contributed by atoms with E-state index in [4.69, 9.17) is 0 Å². The Morgan fingerprint density at radius 3 is 2.29 bits per heavy atom. The molecular weight excluding hydrogens is 395 g/mol. The lowest BCUT2D eigenvalue weighted by Crippen LogP contribution is -2.41. The third-order valence-corrected chi connectivity index (χ3v) is 6.46. The predicted octanol–water partition coefficient (Wildman–Crippen LogP) is 3.14. The van der Waals surface area contributed by atoms with Gasteiger partial charge in [0.25, 0.3) is 0 Å². The molecule has 1 N–H and O–H groups in total. The standard InChI is InChI=1S/C18H18F3N3O3S/c19-18(20,21)14-3-5-15(6-4-14)23-17(25)13-7-10-24(11-8-13)28(26,27)16-2-1-9-22-12-16/h1-6,9,12-13H,7-8,10-11H2,(H,23,25). The van der Waals surface area contributed by atoms with Crippen molar-refractivity contribution in [1.29, 1.82) is 0 Å². The molecule has 0 unspecified atom stereocenters. The van der Waals surface area contributed by atoms with Gasteiger partial charge in [0.2, 0.25) is 15.9 Å². The number of pyridine rings is 1. The molecule has 0 atom stereocenters. The fourth-order valence-electron chi connectivity index (χ4n) is 2.99. The van der Waals surface area contributed by atoms with Gasteiger partial charge in [0, 0.05) is 37.1 Å². The number of anilines is 1. The largest absolute Gasteiger partial charge is 0.416 e. The molecule has 1 aromatic heterocycles. The van der Waals surface area contributed by atoms with Gasteiger partial charge in [-0.3, -0.25) is 9.78 Å². The number of hydrogen-bond acceptors (Lipinski definition) is 4. The van der Waals surface area contributed by atoms with Crippen LogP contribution in [-0.2, 0) is 21.0 Å². The Kier molecular flexibility index (Phi) is 5.71. The van der Waals surface area contributed by atoms with Crippen LogP contribution in [0.25, 0.3) is 0 Å². The van der Waals surface area contributed by atoms with Crippen LogP contribution in [0.2, 0.25) is 0 Å². The molecule has 0 aliphatic carbocycles. The normalized spacial score (nSPS) is 16.7. The van der Waals surface area contributed by atoms with Crippen molar-refractivity contribution in [3.05, 3.63) is 54.4 Å². The lowest BCUT2D eigenvalue weighted by Gasteiger charge is -2.30. The Morgan fingerprint density at radius 2 is 1.75 bits per heavy atom. The molecule has 6 nitrogen and oxygen atoms in total. The molecule has 1 aromatic carbocycles. The molecule has 0 bridgehead atoms. The van der Waals surface area contributed by atoms with Crippen LogP contribution >= 0.6 is 0 Å². The topological polar surface area (TPSA) is 79.4 Å². The van der Waals surface area contributed by atoms with Crippen LogP contribution in [0.4, 0.5) is 18.9 Å². The van der Waals surface area contributed by atoms with Gasteiger partial charge in [0.05, 0.1) is 5.56 Å². The maximum Gasteiger partial charge on any atom is 0.416 e. The first-order valence-electron chi connectivity index (χ1n) is 8.56. The van der Waals surface area contributed by atoms with Crippen LogP contribution in [-0.4, -0.2) is 36.7 Å². The summed E-state index contributed by atoms with van der Waals surface area (Å²) in [6.07, 6.45) is -1.03. The maximum atomic E-state index is 12.6. The molecule has 0 saturated carbocycles. The number of carbonyl (C=O) groups excluding carboxylic acids is 1. The molecule has 0 spiro atoms. The van der Waals surface area contributed by atoms with E-state index >= 15 is 0 Å². The van der Waals surface area contributed by atoms with Crippen LogP contribution in [0.15, 0.2) is 53.7 Å². The lowest BCUT2D eigenvalue weighted by molar-refractivity contribution is -0.137. The Labute approximate surface area is 160 Å². The second kappa shape index (κ2) is 7.88. The number of aromatic nitrogens is 1. The highest BCUT2D eigenvalue weighted by atomic mass is 32.2. The zero-order valence-corrected chi connectivity index (χ0v) is 15.5. The summed E-state index contributed by atoms with van der Waals surface area (Å²) in [4.78, 5) is 16.3. The van der Waals surface area contributed by atoms with E-state index in [1.807, 2.05) is 0 Å². The highest BCUT2D eigenvalue weighted by molar-refractivity contribution is 7.89. The number of carbonyl (C=O) groups is 1. The van der Waals surface area contributed by atoms with Crippen LogP contribution in [0, 0.1) is 5.92 Å². The summed E-state index contributed by atoms with van der Waals surface area (Å²) >= 11 is 0. The van der Waals surface area contributed by atoms with Crippen molar-refractivity contribution in [1.82, 2.24) is 9.29 Å². The van der Waals surface area contributed by atoms with E-state index in [-0.39, 0.29) is 29.6 Å². The second-order valence-electron chi connectivity index (χ2n) is 6.43. The van der Waals surface area contributed by atoms with Crippen molar-refractivity contribution >= 4 is 21.6 Å².